The minimum atomic E-state index is -0.912. The molecule has 0 aliphatic heterocycles. The zero-order valence-electron chi connectivity index (χ0n) is 9.67. The van der Waals surface area contributed by atoms with Crippen LogP contribution >= 0.6 is 0 Å². The Morgan fingerprint density at radius 1 is 1.53 bits per heavy atom. The molecule has 0 aromatic carbocycles. The Morgan fingerprint density at radius 3 is 2.82 bits per heavy atom. The first-order valence-corrected chi connectivity index (χ1v) is 5.47. The highest BCUT2D eigenvalue weighted by Gasteiger charge is 2.15. The maximum atomic E-state index is 11.6. The van der Waals surface area contributed by atoms with Crippen LogP contribution in [0.1, 0.15) is 26.2 Å². The highest BCUT2D eigenvalue weighted by Crippen LogP contribution is 2.02. The van der Waals surface area contributed by atoms with Gasteiger partial charge in [-0.05, 0) is 6.42 Å². The summed E-state index contributed by atoms with van der Waals surface area (Å²) in [6.07, 6.45) is 4.47. The predicted molar refractivity (Wildman–Crippen MR) is 59.1 cm³/mol. The Balaban J connectivity index is 2.43. The number of nitrogens with one attached hydrogen (secondary N) is 1. The third kappa shape index (κ3) is 5.10. The molecule has 7 nitrogen and oxygen atoms in total. The van der Waals surface area contributed by atoms with Crippen LogP contribution in [-0.2, 0) is 16.1 Å². The van der Waals surface area contributed by atoms with Crippen LogP contribution in [0.3, 0.4) is 0 Å². The van der Waals surface area contributed by atoms with Crippen LogP contribution in [0.4, 0.5) is 0 Å². The lowest BCUT2D eigenvalue weighted by Crippen LogP contribution is -2.38. The van der Waals surface area contributed by atoms with E-state index in [0.29, 0.717) is 6.42 Å². The van der Waals surface area contributed by atoms with E-state index in [1.165, 1.54) is 10.9 Å². The lowest BCUT2D eigenvalue weighted by Gasteiger charge is -2.15. The van der Waals surface area contributed by atoms with Crippen molar-refractivity contribution in [3.05, 3.63) is 12.4 Å². The molecule has 1 aromatic heterocycles. The van der Waals surface area contributed by atoms with Crippen molar-refractivity contribution in [2.24, 2.45) is 0 Å². The van der Waals surface area contributed by atoms with Crippen molar-refractivity contribution in [3.8, 4) is 0 Å². The highest BCUT2D eigenvalue weighted by molar-refractivity contribution is 5.77. The third-order valence-corrected chi connectivity index (χ3v) is 2.20. The third-order valence-electron chi connectivity index (χ3n) is 2.20. The molecule has 2 N–H and O–H groups in total. The predicted octanol–water partition coefficient (Wildman–Crippen LogP) is 0.0377. The van der Waals surface area contributed by atoms with E-state index in [2.05, 4.69) is 15.6 Å². The van der Waals surface area contributed by atoms with Crippen molar-refractivity contribution >= 4 is 11.9 Å². The number of hydrogen-bond acceptors (Lipinski definition) is 4. The molecule has 0 saturated carbocycles. The average molecular weight is 240 g/mol. The van der Waals surface area contributed by atoms with E-state index in [1.54, 1.807) is 6.20 Å². The number of carbonyl (C=O) groups is 2. The molecule has 0 fully saturated rings. The first kappa shape index (κ1) is 13.1. The Labute approximate surface area is 98.8 Å². The Bertz CT molecular complexity index is 364. The van der Waals surface area contributed by atoms with Crippen LogP contribution in [0.5, 0.6) is 0 Å². The molecule has 0 aliphatic carbocycles. The maximum absolute atomic E-state index is 11.6. The van der Waals surface area contributed by atoms with Crippen molar-refractivity contribution in [1.82, 2.24) is 20.3 Å². The smallest absolute Gasteiger partial charge is 0.305 e. The van der Waals surface area contributed by atoms with Gasteiger partial charge in [0.2, 0.25) is 5.91 Å². The zero-order chi connectivity index (χ0) is 12.7. The summed E-state index contributed by atoms with van der Waals surface area (Å²) >= 11 is 0. The number of rotatable bonds is 7. The molecule has 1 amide bonds. The summed E-state index contributed by atoms with van der Waals surface area (Å²) in [5.74, 6) is -1.17. The first-order chi connectivity index (χ1) is 8.11. The molecule has 0 radical (unpaired) electrons. The Kier molecular flexibility index (Phi) is 5.12. The normalized spacial score (nSPS) is 12.1. The first-order valence-electron chi connectivity index (χ1n) is 5.47. The molecule has 7 heteroatoms. The number of carbonyl (C=O) groups excluding carboxylic acids is 1. The van der Waals surface area contributed by atoms with Gasteiger partial charge in [0.1, 0.15) is 6.54 Å². The molecule has 17 heavy (non-hydrogen) atoms. The average Bonchev–Trinajstić information content (AvgIpc) is 2.69. The van der Waals surface area contributed by atoms with Gasteiger partial charge in [-0.25, -0.2) is 4.68 Å². The molecular formula is C10H16N4O3. The fourth-order valence-corrected chi connectivity index (χ4v) is 1.52. The van der Waals surface area contributed by atoms with E-state index in [-0.39, 0.29) is 24.9 Å². The van der Waals surface area contributed by atoms with Gasteiger partial charge in [-0.3, -0.25) is 9.59 Å². The number of amides is 1. The van der Waals surface area contributed by atoms with Crippen LogP contribution in [0.25, 0.3) is 0 Å². The van der Waals surface area contributed by atoms with Gasteiger partial charge >= 0.3 is 5.97 Å². The summed E-state index contributed by atoms with van der Waals surface area (Å²) in [6.45, 7) is 2.00. The van der Waals surface area contributed by atoms with E-state index < -0.39 is 5.97 Å². The quantitative estimate of drug-likeness (QED) is 0.701. The summed E-state index contributed by atoms with van der Waals surface area (Å²) in [7, 11) is 0. The van der Waals surface area contributed by atoms with Crippen LogP contribution in [0.2, 0.25) is 0 Å². The van der Waals surface area contributed by atoms with Crippen LogP contribution in [-0.4, -0.2) is 38.0 Å². The summed E-state index contributed by atoms with van der Waals surface area (Å²) in [5.41, 5.74) is 0. The summed E-state index contributed by atoms with van der Waals surface area (Å²) < 4.78 is 1.39. The second-order valence-corrected chi connectivity index (χ2v) is 3.75. The van der Waals surface area contributed by atoms with Crippen LogP contribution < -0.4 is 5.32 Å². The van der Waals surface area contributed by atoms with Crippen LogP contribution in [0.15, 0.2) is 12.4 Å². The van der Waals surface area contributed by atoms with E-state index in [0.717, 1.165) is 6.42 Å². The van der Waals surface area contributed by atoms with E-state index in [4.69, 9.17) is 5.11 Å². The summed E-state index contributed by atoms with van der Waals surface area (Å²) in [4.78, 5) is 22.2. The maximum Gasteiger partial charge on any atom is 0.305 e. The lowest BCUT2D eigenvalue weighted by molar-refractivity contribution is -0.137. The fraction of sp³-hybridized carbons (Fsp3) is 0.600. The van der Waals surface area contributed by atoms with Gasteiger partial charge in [-0.1, -0.05) is 18.6 Å². The van der Waals surface area contributed by atoms with Crippen molar-refractivity contribution in [1.29, 1.82) is 0 Å². The standard InChI is InChI=1S/C10H16N4O3/c1-2-3-8(6-10(16)17)12-9(15)7-14-5-4-11-13-14/h4-5,8H,2-3,6-7H2,1H3,(H,12,15)(H,16,17). The van der Waals surface area contributed by atoms with Gasteiger partial charge in [0, 0.05) is 12.2 Å². The monoisotopic (exact) mass is 240 g/mol. The van der Waals surface area contributed by atoms with E-state index in [1.807, 2.05) is 6.92 Å². The minimum absolute atomic E-state index is 0.0554. The SMILES string of the molecule is CCCC(CC(=O)O)NC(=O)Cn1ccnn1. The number of nitrogens with zero attached hydrogens (tertiary/aromatic N) is 3. The van der Waals surface area contributed by atoms with Crippen LogP contribution in [0, 0.1) is 0 Å². The van der Waals surface area contributed by atoms with Crippen molar-refractivity contribution in [3.63, 3.8) is 0 Å². The van der Waals surface area contributed by atoms with E-state index >= 15 is 0 Å². The largest absolute Gasteiger partial charge is 0.481 e. The second kappa shape index (κ2) is 6.62. The number of aromatic nitrogens is 3. The molecule has 1 atom stereocenters. The summed E-state index contributed by atoms with van der Waals surface area (Å²) in [6, 6.07) is -0.325. The molecule has 1 aromatic rings. The van der Waals surface area contributed by atoms with Crippen molar-refractivity contribution in [2.75, 3.05) is 0 Å². The second-order valence-electron chi connectivity index (χ2n) is 3.75. The Morgan fingerprint density at radius 2 is 2.29 bits per heavy atom. The Hall–Kier alpha value is -1.92. The molecule has 1 heterocycles. The molecule has 1 rings (SSSR count). The number of aliphatic carboxylic acids is 1. The molecule has 1 unspecified atom stereocenters. The zero-order valence-corrected chi connectivity index (χ0v) is 9.67. The summed E-state index contributed by atoms with van der Waals surface area (Å²) in [5, 5.41) is 18.6. The molecule has 0 saturated heterocycles. The number of hydrogen-bond donors (Lipinski definition) is 2. The minimum Gasteiger partial charge on any atom is -0.481 e. The molecule has 94 valence electrons. The van der Waals surface area contributed by atoms with Gasteiger partial charge in [0.05, 0.1) is 12.6 Å². The van der Waals surface area contributed by atoms with Crippen molar-refractivity contribution < 1.29 is 14.7 Å². The highest BCUT2D eigenvalue weighted by atomic mass is 16.4. The lowest BCUT2D eigenvalue weighted by atomic mass is 10.1. The fourth-order valence-electron chi connectivity index (χ4n) is 1.52. The molecular weight excluding hydrogens is 224 g/mol. The topological polar surface area (TPSA) is 97.1 Å². The van der Waals surface area contributed by atoms with E-state index in [9.17, 15) is 9.59 Å². The van der Waals surface area contributed by atoms with Gasteiger partial charge in [-0.2, -0.15) is 0 Å². The van der Waals surface area contributed by atoms with Gasteiger partial charge in [0.15, 0.2) is 0 Å². The molecule has 0 aliphatic rings. The van der Waals surface area contributed by atoms with Gasteiger partial charge in [-0.15, -0.1) is 5.10 Å². The van der Waals surface area contributed by atoms with Gasteiger partial charge in [0.25, 0.3) is 0 Å². The number of carboxylic acids is 1. The van der Waals surface area contributed by atoms with Crippen molar-refractivity contribution in [2.45, 2.75) is 38.8 Å². The van der Waals surface area contributed by atoms with Gasteiger partial charge < -0.3 is 10.4 Å². The molecule has 0 spiro atoms. The molecule has 0 bridgehead atoms. The number of carboxylic acid groups (broad SMARTS) is 1.